The molecule has 0 amide bonds. The predicted octanol–water partition coefficient (Wildman–Crippen LogP) is 8.04. The second-order valence-corrected chi connectivity index (χ2v) is 17.3. The number of carbonyl (C=O) groups excluding carboxylic acids is 1. The van der Waals surface area contributed by atoms with Gasteiger partial charge in [0.05, 0.1) is 40.0 Å². The van der Waals surface area contributed by atoms with Crippen molar-refractivity contribution in [3.63, 3.8) is 0 Å². The van der Waals surface area contributed by atoms with Crippen molar-refractivity contribution >= 4 is 11.5 Å². The third-order valence-corrected chi connectivity index (χ3v) is 12.3. The van der Waals surface area contributed by atoms with Gasteiger partial charge in [-0.2, -0.15) is 0 Å². The molecule has 1 heterocycles. The number of ether oxygens (including phenoxy) is 4. The van der Waals surface area contributed by atoms with Crippen LogP contribution in [0.1, 0.15) is 104 Å². The first-order chi connectivity index (χ1) is 22.7. The minimum atomic E-state index is -0.314. The molecule has 1 aromatic rings. The molecule has 0 radical (unpaired) electrons. The molecule has 5 rings (SSSR count). The van der Waals surface area contributed by atoms with Gasteiger partial charge in [0.2, 0.25) is 0 Å². The molecule has 1 aromatic heterocycles. The van der Waals surface area contributed by atoms with Crippen molar-refractivity contribution in [2.24, 2.45) is 28.6 Å². The van der Waals surface area contributed by atoms with Crippen LogP contribution in [-0.4, -0.2) is 87.4 Å². The molecule has 0 saturated heterocycles. The first kappa shape index (κ1) is 37.2. The fourth-order valence-corrected chi connectivity index (χ4v) is 9.72. The highest BCUT2D eigenvalue weighted by Gasteiger charge is 2.57. The molecule has 0 aromatic carbocycles. The average Bonchev–Trinajstić information content (AvgIpc) is 3.38. The maximum absolute atomic E-state index is 12.8. The van der Waals surface area contributed by atoms with Crippen LogP contribution < -0.4 is 0 Å². The third-order valence-electron chi connectivity index (χ3n) is 12.3. The van der Waals surface area contributed by atoms with E-state index >= 15 is 0 Å². The van der Waals surface area contributed by atoms with E-state index in [0.717, 1.165) is 56.0 Å². The second kappa shape index (κ2) is 15.4. The summed E-state index contributed by atoms with van der Waals surface area (Å²) in [4.78, 5) is 17.2. The normalized spacial score (nSPS) is 30.8. The van der Waals surface area contributed by atoms with E-state index in [4.69, 9.17) is 18.9 Å². The van der Waals surface area contributed by atoms with E-state index < -0.39 is 0 Å². The van der Waals surface area contributed by atoms with Crippen molar-refractivity contribution in [1.29, 1.82) is 0 Å². The lowest BCUT2D eigenvalue weighted by atomic mass is 9.47. The van der Waals surface area contributed by atoms with Crippen molar-refractivity contribution in [2.75, 3.05) is 54.1 Å². The Bertz CT molecular complexity index is 1290. The van der Waals surface area contributed by atoms with E-state index in [-0.39, 0.29) is 41.2 Å². The predicted molar refractivity (Wildman–Crippen MR) is 192 cm³/mol. The number of rotatable bonds is 16. The van der Waals surface area contributed by atoms with Crippen LogP contribution in [0.4, 0.5) is 0 Å². The van der Waals surface area contributed by atoms with Gasteiger partial charge in [0.15, 0.2) is 0 Å². The van der Waals surface area contributed by atoms with Crippen molar-refractivity contribution in [2.45, 2.75) is 117 Å². The van der Waals surface area contributed by atoms with E-state index in [2.05, 4.69) is 85.0 Å². The van der Waals surface area contributed by atoms with Gasteiger partial charge in [-0.3, -0.25) is 4.98 Å². The van der Waals surface area contributed by atoms with Crippen molar-refractivity contribution < 1.29 is 28.2 Å². The van der Waals surface area contributed by atoms with E-state index in [1.165, 1.54) is 36.0 Å². The van der Waals surface area contributed by atoms with Crippen LogP contribution in [-0.2, 0) is 23.7 Å². The van der Waals surface area contributed by atoms with Gasteiger partial charge in [-0.05, 0) is 111 Å². The maximum Gasteiger partial charge on any atom is 0.332 e. The summed E-state index contributed by atoms with van der Waals surface area (Å²) in [7, 11) is 6.63. The Morgan fingerprint density at radius 1 is 1.04 bits per heavy atom. The van der Waals surface area contributed by atoms with Gasteiger partial charge in [0.1, 0.15) is 25.4 Å². The topological polar surface area (TPSA) is 66.9 Å². The van der Waals surface area contributed by atoms with Gasteiger partial charge in [-0.1, -0.05) is 51.0 Å². The Kier molecular flexibility index (Phi) is 12.0. The minimum absolute atomic E-state index is 0.0271. The fourth-order valence-electron chi connectivity index (χ4n) is 9.72. The molecule has 2 fully saturated rings. The first-order valence-electron chi connectivity index (χ1n) is 18.9. The summed E-state index contributed by atoms with van der Waals surface area (Å²) in [5.74, 6) is 1.83. The molecular formula is C41H65N2O5+. The quantitative estimate of drug-likeness (QED) is 0.0771. The monoisotopic (exact) mass is 665 g/mol. The number of hydrogen-bond donors (Lipinski definition) is 0. The molecule has 7 unspecified atom stereocenters. The number of aromatic nitrogens is 1. The molecule has 7 heteroatoms. The number of allylic oxidation sites excluding steroid dienone is 3. The van der Waals surface area contributed by atoms with Gasteiger partial charge in [0, 0.05) is 25.4 Å². The number of likely N-dealkylation sites (N-methyl/N-ethyl adjacent to an activating group) is 1. The molecule has 0 spiro atoms. The van der Waals surface area contributed by atoms with Crippen LogP contribution in [0.2, 0.25) is 0 Å². The standard InChI is InChI=1S/C41H65N2O5/c1-9-11-33(28-43(6,7)8)46-23-21-39(2,3)47-25-24-45-29-38(44)48-32-17-19-40(4)31(26-32)13-14-34-36-16-15-35(30-12-10-22-42-27-30)41(36,5)20-18-37(34)40/h10,12-13,15,22,27,32-34,36-37H,9,11,14,16-21,23-26,28-29H2,1-8H3/q+1. The summed E-state index contributed by atoms with van der Waals surface area (Å²) in [6.45, 7) is 13.9. The highest BCUT2D eigenvalue weighted by molar-refractivity contribution is 5.72. The van der Waals surface area contributed by atoms with E-state index in [1.54, 1.807) is 0 Å². The number of quaternary nitrogens is 1. The zero-order valence-electron chi connectivity index (χ0n) is 31.4. The van der Waals surface area contributed by atoms with Crippen LogP contribution in [0, 0.1) is 28.6 Å². The molecule has 7 nitrogen and oxygen atoms in total. The summed E-state index contributed by atoms with van der Waals surface area (Å²) >= 11 is 0. The summed E-state index contributed by atoms with van der Waals surface area (Å²) in [6, 6.07) is 4.30. The van der Waals surface area contributed by atoms with E-state index in [1.807, 2.05) is 12.4 Å². The number of esters is 1. The molecule has 0 bridgehead atoms. The third kappa shape index (κ3) is 8.80. The van der Waals surface area contributed by atoms with Gasteiger partial charge in [-0.15, -0.1) is 0 Å². The Morgan fingerprint density at radius 3 is 2.56 bits per heavy atom. The largest absolute Gasteiger partial charge is 0.460 e. The lowest BCUT2D eigenvalue weighted by Crippen LogP contribution is -2.50. The smallest absolute Gasteiger partial charge is 0.332 e. The summed E-state index contributed by atoms with van der Waals surface area (Å²) in [6.07, 6.45) is 19.9. The Labute approximate surface area is 291 Å². The van der Waals surface area contributed by atoms with Crippen LogP contribution in [0.3, 0.4) is 0 Å². The summed E-state index contributed by atoms with van der Waals surface area (Å²) in [5.41, 5.74) is 4.47. The molecular weight excluding hydrogens is 600 g/mol. The van der Waals surface area contributed by atoms with Gasteiger partial charge >= 0.3 is 5.97 Å². The number of fused-ring (bicyclic) bond motifs is 5. The highest BCUT2D eigenvalue weighted by Crippen LogP contribution is 2.66. The highest BCUT2D eigenvalue weighted by atomic mass is 16.6. The SMILES string of the molecule is CCCC(C[N+](C)(C)C)OCCC(C)(C)OCCOCC(=O)OC1CCC2(C)C(=CCC3C2CCC2(C)C(c4cccnc4)=CCC32)C1. The lowest BCUT2D eigenvalue weighted by Gasteiger charge is -2.57. The molecule has 0 aliphatic heterocycles. The molecule has 0 N–H and O–H groups in total. The van der Waals surface area contributed by atoms with E-state index in [0.29, 0.717) is 37.6 Å². The van der Waals surface area contributed by atoms with Crippen LogP contribution in [0.25, 0.3) is 5.57 Å². The van der Waals surface area contributed by atoms with Gasteiger partial charge in [-0.25, -0.2) is 4.79 Å². The molecule has 7 atom stereocenters. The molecule has 2 saturated carbocycles. The molecule has 268 valence electrons. The second-order valence-electron chi connectivity index (χ2n) is 17.3. The summed E-state index contributed by atoms with van der Waals surface area (Å²) < 4.78 is 24.9. The summed E-state index contributed by atoms with van der Waals surface area (Å²) in [5, 5.41) is 0. The first-order valence-corrected chi connectivity index (χ1v) is 18.9. The number of nitrogens with zero attached hydrogens (tertiary/aromatic N) is 2. The number of pyridine rings is 1. The van der Waals surface area contributed by atoms with Crippen LogP contribution in [0.15, 0.2) is 42.3 Å². The molecule has 4 aliphatic carbocycles. The number of carbonyl (C=O) groups is 1. The minimum Gasteiger partial charge on any atom is -0.460 e. The average molecular weight is 666 g/mol. The van der Waals surface area contributed by atoms with Crippen LogP contribution in [0.5, 0.6) is 0 Å². The van der Waals surface area contributed by atoms with Gasteiger partial charge < -0.3 is 23.4 Å². The molecule has 48 heavy (non-hydrogen) atoms. The molecule has 4 aliphatic rings. The Morgan fingerprint density at radius 2 is 1.83 bits per heavy atom. The van der Waals surface area contributed by atoms with Crippen molar-refractivity contribution in [3.05, 3.63) is 47.8 Å². The van der Waals surface area contributed by atoms with Gasteiger partial charge in [0.25, 0.3) is 0 Å². The lowest BCUT2D eigenvalue weighted by molar-refractivity contribution is -0.873. The van der Waals surface area contributed by atoms with Crippen LogP contribution >= 0.6 is 0 Å². The zero-order chi connectivity index (χ0) is 34.6. The van der Waals surface area contributed by atoms with Crippen molar-refractivity contribution in [3.8, 4) is 0 Å². The zero-order valence-corrected chi connectivity index (χ0v) is 31.4. The fraction of sp³-hybridized carbons (Fsp3) is 0.756. The maximum atomic E-state index is 12.8. The Balaban J connectivity index is 1.02. The van der Waals surface area contributed by atoms with Crippen molar-refractivity contribution in [1.82, 2.24) is 4.98 Å². The Hall–Kier alpha value is -2.06. The number of hydrogen-bond acceptors (Lipinski definition) is 6. The van der Waals surface area contributed by atoms with E-state index in [9.17, 15) is 4.79 Å².